The second kappa shape index (κ2) is 9.61. The molecule has 0 aliphatic carbocycles. The highest BCUT2D eigenvalue weighted by molar-refractivity contribution is 6.07. The molecule has 7 heteroatoms. The van der Waals surface area contributed by atoms with Crippen molar-refractivity contribution in [1.82, 2.24) is 10.4 Å². The number of hydrogen-bond acceptors (Lipinski definition) is 6. The molecule has 0 atom stereocenters. The van der Waals surface area contributed by atoms with Gasteiger partial charge in [0, 0.05) is 17.2 Å². The maximum atomic E-state index is 13.0. The van der Waals surface area contributed by atoms with E-state index in [1.165, 1.54) is 6.21 Å². The van der Waals surface area contributed by atoms with Gasteiger partial charge in [-0.05, 0) is 54.6 Å². The Labute approximate surface area is 185 Å². The van der Waals surface area contributed by atoms with E-state index in [-0.39, 0.29) is 5.91 Å². The Balaban J connectivity index is 1.68. The number of nitrogens with one attached hydrogen (secondary N) is 1. The predicted molar refractivity (Wildman–Crippen MR) is 124 cm³/mol. The molecule has 4 aromatic rings. The Kier molecular flexibility index (Phi) is 6.27. The summed E-state index contributed by atoms with van der Waals surface area (Å²) in [6.07, 6.45) is 6.48. The van der Waals surface area contributed by atoms with E-state index in [9.17, 15) is 4.79 Å². The highest BCUT2D eigenvalue weighted by Gasteiger charge is 2.16. The maximum absolute atomic E-state index is 13.0. The van der Waals surface area contributed by atoms with Crippen LogP contribution in [0.25, 0.3) is 28.2 Å². The number of allylic oxidation sites excluding steroid dienone is 1. The van der Waals surface area contributed by atoms with Crippen LogP contribution in [-0.2, 0) is 0 Å². The first-order valence-corrected chi connectivity index (χ1v) is 9.85. The summed E-state index contributed by atoms with van der Waals surface area (Å²) in [5.41, 5.74) is 5.00. The SMILES string of the molecule is COc1ccc(OC)c(-c2cc(C(=O)NN=C/C=C/c3ccco3)c3ccccc3n2)c1. The lowest BCUT2D eigenvalue weighted by Crippen LogP contribution is -2.18. The van der Waals surface area contributed by atoms with Crippen molar-refractivity contribution in [2.75, 3.05) is 14.2 Å². The van der Waals surface area contributed by atoms with Gasteiger partial charge in [0.15, 0.2) is 0 Å². The van der Waals surface area contributed by atoms with Crippen LogP contribution in [0.5, 0.6) is 11.5 Å². The topological polar surface area (TPSA) is 86.0 Å². The van der Waals surface area contributed by atoms with Crippen LogP contribution < -0.4 is 14.9 Å². The molecule has 0 aliphatic rings. The van der Waals surface area contributed by atoms with Crippen molar-refractivity contribution in [2.45, 2.75) is 0 Å². The molecule has 0 spiro atoms. The number of para-hydroxylation sites is 1. The van der Waals surface area contributed by atoms with Gasteiger partial charge >= 0.3 is 0 Å². The fourth-order valence-corrected chi connectivity index (χ4v) is 3.24. The Morgan fingerprint density at radius 1 is 1.06 bits per heavy atom. The van der Waals surface area contributed by atoms with Gasteiger partial charge in [-0.1, -0.05) is 18.2 Å². The van der Waals surface area contributed by atoms with Crippen molar-refractivity contribution in [2.24, 2.45) is 5.10 Å². The number of carbonyl (C=O) groups excluding carboxylic acids is 1. The van der Waals surface area contributed by atoms with Crippen LogP contribution in [0.15, 0.2) is 82.5 Å². The fraction of sp³-hybridized carbons (Fsp3) is 0.0800. The first-order valence-electron chi connectivity index (χ1n) is 9.85. The molecule has 2 aromatic heterocycles. The molecule has 4 rings (SSSR count). The third-order valence-corrected chi connectivity index (χ3v) is 4.77. The second-order valence-corrected chi connectivity index (χ2v) is 6.73. The van der Waals surface area contributed by atoms with Crippen molar-refractivity contribution in [3.05, 3.63) is 84.3 Å². The minimum atomic E-state index is -0.352. The van der Waals surface area contributed by atoms with Crippen LogP contribution in [0.2, 0.25) is 0 Å². The van der Waals surface area contributed by atoms with Crippen molar-refractivity contribution in [1.29, 1.82) is 0 Å². The summed E-state index contributed by atoms with van der Waals surface area (Å²) in [5, 5.41) is 4.72. The third kappa shape index (κ3) is 4.52. The lowest BCUT2D eigenvalue weighted by molar-refractivity contribution is 0.0956. The zero-order valence-corrected chi connectivity index (χ0v) is 17.6. The van der Waals surface area contributed by atoms with E-state index < -0.39 is 0 Å². The number of pyridine rings is 1. The molecule has 2 heterocycles. The first-order chi connectivity index (χ1) is 15.7. The van der Waals surface area contributed by atoms with Gasteiger partial charge in [0.1, 0.15) is 17.3 Å². The van der Waals surface area contributed by atoms with Crippen molar-refractivity contribution in [3.8, 4) is 22.8 Å². The molecular formula is C25H21N3O4. The van der Waals surface area contributed by atoms with Crippen LogP contribution in [0.3, 0.4) is 0 Å². The average molecular weight is 427 g/mol. The number of nitrogens with zero attached hydrogens (tertiary/aromatic N) is 2. The Morgan fingerprint density at radius 3 is 2.72 bits per heavy atom. The fourth-order valence-electron chi connectivity index (χ4n) is 3.24. The van der Waals surface area contributed by atoms with Gasteiger partial charge in [-0.15, -0.1) is 0 Å². The molecule has 1 amide bonds. The van der Waals surface area contributed by atoms with E-state index in [0.29, 0.717) is 34.0 Å². The molecule has 2 aromatic carbocycles. The molecule has 1 N–H and O–H groups in total. The Morgan fingerprint density at radius 2 is 1.94 bits per heavy atom. The number of furan rings is 1. The number of carbonyl (C=O) groups is 1. The number of hydrazone groups is 1. The molecule has 0 aliphatic heterocycles. The normalized spacial score (nSPS) is 11.3. The Hall–Kier alpha value is -4.39. The van der Waals surface area contributed by atoms with Crippen molar-refractivity contribution >= 4 is 29.1 Å². The van der Waals surface area contributed by atoms with Crippen LogP contribution >= 0.6 is 0 Å². The van der Waals surface area contributed by atoms with Crippen LogP contribution in [-0.4, -0.2) is 31.3 Å². The summed E-state index contributed by atoms with van der Waals surface area (Å²) in [6, 6.07) is 18.2. The molecule has 0 radical (unpaired) electrons. The molecule has 7 nitrogen and oxygen atoms in total. The van der Waals surface area contributed by atoms with Gasteiger partial charge in [-0.2, -0.15) is 5.10 Å². The minimum absolute atomic E-state index is 0.352. The van der Waals surface area contributed by atoms with E-state index in [4.69, 9.17) is 18.9 Å². The number of fused-ring (bicyclic) bond motifs is 1. The number of hydrogen-bond donors (Lipinski definition) is 1. The van der Waals surface area contributed by atoms with Gasteiger partial charge < -0.3 is 13.9 Å². The van der Waals surface area contributed by atoms with Crippen LogP contribution in [0.4, 0.5) is 0 Å². The third-order valence-electron chi connectivity index (χ3n) is 4.77. The number of rotatable bonds is 7. The molecule has 160 valence electrons. The number of aromatic nitrogens is 1. The highest BCUT2D eigenvalue weighted by Crippen LogP contribution is 2.34. The first kappa shape index (κ1) is 20.9. The molecule has 32 heavy (non-hydrogen) atoms. The van der Waals surface area contributed by atoms with Gasteiger partial charge in [-0.3, -0.25) is 4.79 Å². The van der Waals surface area contributed by atoms with E-state index in [0.717, 1.165) is 10.9 Å². The van der Waals surface area contributed by atoms with Gasteiger partial charge in [0.25, 0.3) is 5.91 Å². The summed E-state index contributed by atoms with van der Waals surface area (Å²) in [6.45, 7) is 0. The minimum Gasteiger partial charge on any atom is -0.497 e. The lowest BCUT2D eigenvalue weighted by atomic mass is 10.0. The maximum Gasteiger partial charge on any atom is 0.272 e. The number of amides is 1. The van der Waals surface area contributed by atoms with E-state index in [1.807, 2.05) is 42.5 Å². The van der Waals surface area contributed by atoms with Gasteiger partial charge in [0.05, 0.1) is 37.3 Å². The van der Waals surface area contributed by atoms with Crippen molar-refractivity contribution in [3.63, 3.8) is 0 Å². The number of ether oxygens (including phenoxy) is 2. The smallest absolute Gasteiger partial charge is 0.272 e. The van der Waals surface area contributed by atoms with Crippen molar-refractivity contribution < 1.29 is 18.7 Å². The lowest BCUT2D eigenvalue weighted by Gasteiger charge is -2.13. The summed E-state index contributed by atoms with van der Waals surface area (Å²) >= 11 is 0. The monoisotopic (exact) mass is 427 g/mol. The quantitative estimate of drug-likeness (QED) is 0.333. The summed E-state index contributed by atoms with van der Waals surface area (Å²) < 4.78 is 16.1. The largest absolute Gasteiger partial charge is 0.497 e. The van der Waals surface area contributed by atoms with Gasteiger partial charge in [0.2, 0.25) is 0 Å². The van der Waals surface area contributed by atoms with Crippen LogP contribution in [0, 0.1) is 0 Å². The zero-order chi connectivity index (χ0) is 22.3. The zero-order valence-electron chi connectivity index (χ0n) is 17.6. The molecule has 0 bridgehead atoms. The highest BCUT2D eigenvalue weighted by atomic mass is 16.5. The average Bonchev–Trinajstić information content (AvgIpc) is 3.36. The molecule has 0 unspecified atom stereocenters. The molecular weight excluding hydrogens is 406 g/mol. The summed E-state index contributed by atoms with van der Waals surface area (Å²) in [5.74, 6) is 1.63. The van der Waals surface area contributed by atoms with Crippen LogP contribution in [0.1, 0.15) is 16.1 Å². The second-order valence-electron chi connectivity index (χ2n) is 6.73. The van der Waals surface area contributed by atoms with E-state index in [2.05, 4.69) is 10.5 Å². The summed E-state index contributed by atoms with van der Waals surface area (Å²) in [4.78, 5) is 17.7. The van der Waals surface area contributed by atoms with Gasteiger partial charge in [-0.25, -0.2) is 10.4 Å². The van der Waals surface area contributed by atoms with E-state index >= 15 is 0 Å². The number of benzene rings is 2. The predicted octanol–water partition coefficient (Wildman–Crippen LogP) is 4.94. The standard InChI is InChI=1S/C25H21N3O4/c1-30-18-11-12-24(31-2)21(15-18)23-16-20(19-9-3-4-10-22(19)27-23)25(29)28-26-13-5-7-17-8-6-14-32-17/h3-16H,1-2H3,(H,28,29)/b7-5+,26-13?. The molecule has 0 saturated heterocycles. The molecule has 0 saturated carbocycles. The Bertz CT molecular complexity index is 1290. The summed E-state index contributed by atoms with van der Waals surface area (Å²) in [7, 11) is 3.18. The van der Waals surface area contributed by atoms with E-state index in [1.54, 1.807) is 50.8 Å². The number of methoxy groups -OCH3 is 2. The molecule has 0 fully saturated rings.